The standard InChI is InChI=1S/C10H15NO2S/c1-2-10(5-3-6-11-8-10)13-9(12)4-7-14/h1,11,14H,3-8H2/p+1. The van der Waals surface area contributed by atoms with Crippen molar-refractivity contribution in [3.8, 4) is 12.3 Å². The quantitative estimate of drug-likeness (QED) is 0.381. The summed E-state index contributed by atoms with van der Waals surface area (Å²) in [5.41, 5.74) is -0.668. The highest BCUT2D eigenvalue weighted by molar-refractivity contribution is 7.80. The molecule has 1 saturated heterocycles. The van der Waals surface area contributed by atoms with E-state index < -0.39 is 5.60 Å². The third-order valence-electron chi connectivity index (χ3n) is 2.35. The van der Waals surface area contributed by atoms with Gasteiger partial charge in [-0.25, -0.2) is 0 Å². The number of esters is 1. The first-order valence-corrected chi connectivity index (χ1v) is 5.48. The molecular weight excluding hydrogens is 198 g/mol. The number of rotatable bonds is 3. The molecule has 1 atom stereocenters. The monoisotopic (exact) mass is 214 g/mol. The van der Waals surface area contributed by atoms with E-state index in [4.69, 9.17) is 11.2 Å². The third kappa shape index (κ3) is 2.93. The number of ether oxygens (including phenoxy) is 1. The molecule has 0 amide bonds. The van der Waals surface area contributed by atoms with Crippen molar-refractivity contribution in [3.05, 3.63) is 0 Å². The minimum absolute atomic E-state index is 0.242. The molecule has 4 heteroatoms. The van der Waals surface area contributed by atoms with Crippen LogP contribution in [0.3, 0.4) is 0 Å². The van der Waals surface area contributed by atoms with Gasteiger partial charge in [0.2, 0.25) is 5.60 Å². The Balaban J connectivity index is 2.52. The minimum atomic E-state index is -0.668. The van der Waals surface area contributed by atoms with Gasteiger partial charge >= 0.3 is 5.97 Å². The number of carbonyl (C=O) groups excluding carboxylic acids is 1. The molecule has 0 radical (unpaired) electrons. The SMILES string of the molecule is C#CC1(OC(=O)CCS)CCC[NH2+]C1. The molecular formula is C10H16NO2S+. The van der Waals surface area contributed by atoms with Gasteiger partial charge in [0.25, 0.3) is 0 Å². The van der Waals surface area contributed by atoms with Crippen LogP contribution < -0.4 is 5.32 Å². The van der Waals surface area contributed by atoms with E-state index in [-0.39, 0.29) is 5.97 Å². The molecule has 0 aromatic rings. The van der Waals surface area contributed by atoms with Crippen LogP contribution in [0.4, 0.5) is 0 Å². The van der Waals surface area contributed by atoms with E-state index in [0.29, 0.717) is 18.7 Å². The number of thiol groups is 1. The molecule has 1 rings (SSSR count). The molecule has 0 saturated carbocycles. The fourth-order valence-corrected chi connectivity index (χ4v) is 1.77. The van der Waals surface area contributed by atoms with Crippen molar-refractivity contribution in [3.63, 3.8) is 0 Å². The fraction of sp³-hybridized carbons (Fsp3) is 0.700. The van der Waals surface area contributed by atoms with Gasteiger partial charge in [-0.1, -0.05) is 5.92 Å². The number of piperidine rings is 1. The van der Waals surface area contributed by atoms with E-state index in [1.807, 2.05) is 0 Å². The second-order valence-electron chi connectivity index (χ2n) is 3.47. The number of carbonyl (C=O) groups is 1. The molecule has 1 heterocycles. The smallest absolute Gasteiger partial charge is 0.308 e. The first-order chi connectivity index (χ1) is 6.72. The lowest BCUT2D eigenvalue weighted by Gasteiger charge is -2.29. The van der Waals surface area contributed by atoms with Gasteiger partial charge in [-0.05, 0) is 0 Å². The highest BCUT2D eigenvalue weighted by Gasteiger charge is 2.36. The van der Waals surface area contributed by atoms with Crippen LogP contribution >= 0.6 is 12.6 Å². The van der Waals surface area contributed by atoms with Gasteiger partial charge in [-0.2, -0.15) is 12.6 Å². The Morgan fingerprint density at radius 3 is 3.00 bits per heavy atom. The van der Waals surface area contributed by atoms with Crippen LogP contribution in [0.5, 0.6) is 0 Å². The van der Waals surface area contributed by atoms with Crippen LogP contribution in [0.25, 0.3) is 0 Å². The maximum atomic E-state index is 11.3. The van der Waals surface area contributed by atoms with Crippen molar-refractivity contribution < 1.29 is 14.8 Å². The Hall–Kier alpha value is -0.660. The molecule has 0 spiro atoms. The highest BCUT2D eigenvalue weighted by Crippen LogP contribution is 2.18. The summed E-state index contributed by atoms with van der Waals surface area (Å²) in [4.78, 5) is 11.3. The number of nitrogens with two attached hydrogens (primary N) is 1. The van der Waals surface area contributed by atoms with E-state index in [0.717, 1.165) is 19.4 Å². The van der Waals surface area contributed by atoms with Crippen LogP contribution in [-0.2, 0) is 9.53 Å². The number of quaternary nitrogens is 1. The van der Waals surface area contributed by atoms with E-state index in [2.05, 4.69) is 23.9 Å². The van der Waals surface area contributed by atoms with Gasteiger partial charge in [0, 0.05) is 18.6 Å². The van der Waals surface area contributed by atoms with Crippen molar-refractivity contribution in [1.82, 2.24) is 0 Å². The molecule has 3 nitrogen and oxygen atoms in total. The van der Waals surface area contributed by atoms with Gasteiger partial charge in [0.15, 0.2) is 0 Å². The Morgan fingerprint density at radius 1 is 1.71 bits per heavy atom. The Morgan fingerprint density at radius 2 is 2.50 bits per heavy atom. The van der Waals surface area contributed by atoms with Gasteiger partial charge in [-0.3, -0.25) is 4.79 Å². The average Bonchev–Trinajstić information content (AvgIpc) is 2.19. The lowest BCUT2D eigenvalue weighted by atomic mass is 9.95. The summed E-state index contributed by atoms with van der Waals surface area (Å²) in [6.07, 6.45) is 7.52. The maximum Gasteiger partial charge on any atom is 0.308 e. The molecule has 78 valence electrons. The lowest BCUT2D eigenvalue weighted by Crippen LogP contribution is -2.90. The molecule has 1 aliphatic rings. The van der Waals surface area contributed by atoms with Crippen LogP contribution in [0.2, 0.25) is 0 Å². The first-order valence-electron chi connectivity index (χ1n) is 4.84. The zero-order chi connectivity index (χ0) is 10.4. The van der Waals surface area contributed by atoms with Gasteiger partial charge in [0.05, 0.1) is 13.0 Å². The van der Waals surface area contributed by atoms with Crippen LogP contribution in [0.15, 0.2) is 0 Å². The lowest BCUT2D eigenvalue weighted by molar-refractivity contribution is -0.673. The number of hydrogen-bond acceptors (Lipinski definition) is 3. The van der Waals surface area contributed by atoms with Crippen molar-refractivity contribution in [2.75, 3.05) is 18.8 Å². The van der Waals surface area contributed by atoms with E-state index in [1.165, 1.54) is 0 Å². The fourth-order valence-electron chi connectivity index (χ4n) is 1.58. The summed E-state index contributed by atoms with van der Waals surface area (Å²) >= 11 is 3.97. The average molecular weight is 214 g/mol. The molecule has 1 aliphatic heterocycles. The van der Waals surface area contributed by atoms with Crippen molar-refractivity contribution >= 4 is 18.6 Å². The van der Waals surface area contributed by atoms with Crippen molar-refractivity contribution in [2.45, 2.75) is 24.9 Å². The number of hydrogen-bond donors (Lipinski definition) is 2. The minimum Gasteiger partial charge on any atom is -0.440 e. The molecule has 1 fully saturated rings. The molecule has 0 aromatic carbocycles. The molecule has 0 bridgehead atoms. The molecule has 1 unspecified atom stereocenters. The van der Waals surface area contributed by atoms with E-state index in [1.54, 1.807) is 0 Å². The van der Waals surface area contributed by atoms with Crippen LogP contribution in [0.1, 0.15) is 19.3 Å². The summed E-state index contributed by atoms with van der Waals surface area (Å²) < 4.78 is 5.31. The molecule has 0 aliphatic carbocycles. The molecule has 14 heavy (non-hydrogen) atoms. The zero-order valence-electron chi connectivity index (χ0n) is 8.16. The van der Waals surface area contributed by atoms with Gasteiger partial charge in [0.1, 0.15) is 6.54 Å². The topological polar surface area (TPSA) is 42.9 Å². The summed E-state index contributed by atoms with van der Waals surface area (Å²) in [7, 11) is 0. The highest BCUT2D eigenvalue weighted by atomic mass is 32.1. The van der Waals surface area contributed by atoms with E-state index in [9.17, 15) is 4.79 Å². The Bertz CT molecular complexity index is 241. The van der Waals surface area contributed by atoms with Crippen molar-refractivity contribution in [1.29, 1.82) is 0 Å². The largest absolute Gasteiger partial charge is 0.440 e. The van der Waals surface area contributed by atoms with Gasteiger partial charge in [-0.15, -0.1) is 6.42 Å². The zero-order valence-corrected chi connectivity index (χ0v) is 9.06. The van der Waals surface area contributed by atoms with Gasteiger partial charge < -0.3 is 10.1 Å². The third-order valence-corrected chi connectivity index (χ3v) is 2.57. The Labute approximate surface area is 90.0 Å². The van der Waals surface area contributed by atoms with E-state index >= 15 is 0 Å². The summed E-state index contributed by atoms with van der Waals surface area (Å²) in [5, 5.41) is 2.09. The normalized spacial score (nSPS) is 26.6. The Kier molecular flexibility index (Phi) is 4.30. The molecule has 0 aromatic heterocycles. The maximum absolute atomic E-state index is 11.3. The summed E-state index contributed by atoms with van der Waals surface area (Å²) in [6.45, 7) is 1.75. The molecule has 2 N–H and O–H groups in total. The predicted octanol–water partition coefficient (Wildman–Crippen LogP) is -0.421. The predicted molar refractivity (Wildman–Crippen MR) is 57.0 cm³/mol. The second kappa shape index (κ2) is 5.28. The second-order valence-corrected chi connectivity index (χ2v) is 3.92. The summed E-state index contributed by atoms with van der Waals surface area (Å²) in [5.74, 6) is 2.87. The van der Waals surface area contributed by atoms with Crippen LogP contribution in [0, 0.1) is 12.3 Å². The first kappa shape index (κ1) is 11.4. The van der Waals surface area contributed by atoms with Crippen molar-refractivity contribution in [2.24, 2.45) is 0 Å². The summed E-state index contributed by atoms with van der Waals surface area (Å²) in [6, 6.07) is 0. The number of terminal acetylenes is 1. The van der Waals surface area contributed by atoms with Crippen LogP contribution in [-0.4, -0.2) is 30.4 Å².